The zero-order valence-electron chi connectivity index (χ0n) is 10.5. The zero-order valence-corrected chi connectivity index (χ0v) is 10.5. The van der Waals surface area contributed by atoms with Crippen LogP contribution in [0, 0.1) is 5.92 Å². The van der Waals surface area contributed by atoms with Gasteiger partial charge in [0.1, 0.15) is 0 Å². The lowest BCUT2D eigenvalue weighted by Crippen LogP contribution is -2.35. The first kappa shape index (κ1) is 13.2. The van der Waals surface area contributed by atoms with Crippen molar-refractivity contribution in [2.45, 2.75) is 45.6 Å². The van der Waals surface area contributed by atoms with Crippen molar-refractivity contribution in [3.05, 3.63) is 12.2 Å². The number of allylic oxidation sites excluding steroid dienone is 2. The fourth-order valence-corrected chi connectivity index (χ4v) is 2.07. The summed E-state index contributed by atoms with van der Waals surface area (Å²) in [5.74, 6) is 0.811. The number of hydrogen-bond donors (Lipinski definition) is 2. The van der Waals surface area contributed by atoms with Gasteiger partial charge in [0.15, 0.2) is 0 Å². The van der Waals surface area contributed by atoms with Gasteiger partial charge in [0.25, 0.3) is 0 Å². The normalized spacial score (nSPS) is 21.8. The molecule has 2 atom stereocenters. The maximum atomic E-state index is 11.6. The Kier molecular flexibility index (Phi) is 6.16. The fraction of sp³-hybridized carbons (Fsp3) is 0.769. The van der Waals surface area contributed by atoms with E-state index in [1.165, 1.54) is 6.42 Å². The van der Waals surface area contributed by atoms with Gasteiger partial charge in [-0.25, -0.2) is 0 Å². The smallest absolute Gasteiger partial charge is 0.221 e. The molecule has 0 saturated carbocycles. The first-order chi connectivity index (χ1) is 7.72. The Morgan fingerprint density at radius 3 is 2.94 bits per heavy atom. The van der Waals surface area contributed by atoms with Crippen LogP contribution < -0.4 is 10.6 Å². The summed E-state index contributed by atoms with van der Waals surface area (Å²) >= 11 is 0. The number of carbonyl (C=O) groups excluding carboxylic acids is 1. The Morgan fingerprint density at radius 2 is 2.31 bits per heavy atom. The molecule has 0 aromatic carbocycles. The minimum atomic E-state index is 0.169. The molecule has 1 rings (SSSR count). The van der Waals surface area contributed by atoms with Gasteiger partial charge in [-0.1, -0.05) is 19.1 Å². The summed E-state index contributed by atoms with van der Waals surface area (Å²) in [7, 11) is 0. The maximum absolute atomic E-state index is 11.6. The number of carbonyl (C=O) groups is 1. The lowest BCUT2D eigenvalue weighted by Gasteiger charge is -2.19. The molecule has 1 amide bonds. The van der Waals surface area contributed by atoms with Crippen molar-refractivity contribution < 1.29 is 4.79 Å². The molecule has 0 aromatic heterocycles. The second-order valence-electron chi connectivity index (χ2n) is 4.62. The Morgan fingerprint density at radius 1 is 1.50 bits per heavy atom. The van der Waals surface area contributed by atoms with Crippen LogP contribution in [-0.2, 0) is 4.79 Å². The van der Waals surface area contributed by atoms with Gasteiger partial charge in [-0.2, -0.15) is 0 Å². The molecule has 0 spiro atoms. The van der Waals surface area contributed by atoms with Crippen LogP contribution in [0.3, 0.4) is 0 Å². The average molecular weight is 224 g/mol. The highest BCUT2D eigenvalue weighted by Gasteiger charge is 2.12. The summed E-state index contributed by atoms with van der Waals surface area (Å²) in [6.07, 6.45) is 8.51. The van der Waals surface area contributed by atoms with Gasteiger partial charge in [-0.05, 0) is 38.6 Å². The van der Waals surface area contributed by atoms with E-state index in [0.29, 0.717) is 12.3 Å². The number of rotatable bonds is 6. The summed E-state index contributed by atoms with van der Waals surface area (Å²) < 4.78 is 0. The van der Waals surface area contributed by atoms with Crippen LogP contribution in [0.2, 0.25) is 0 Å². The van der Waals surface area contributed by atoms with E-state index in [9.17, 15) is 4.79 Å². The third kappa shape index (κ3) is 5.31. The van der Waals surface area contributed by atoms with E-state index in [0.717, 1.165) is 25.9 Å². The zero-order chi connectivity index (χ0) is 11.8. The highest BCUT2D eigenvalue weighted by Crippen LogP contribution is 2.16. The molecule has 2 unspecified atom stereocenters. The molecule has 3 heteroatoms. The molecule has 2 N–H and O–H groups in total. The summed E-state index contributed by atoms with van der Waals surface area (Å²) in [6, 6.07) is 0.274. The molecular weight excluding hydrogens is 200 g/mol. The van der Waals surface area contributed by atoms with Crippen LogP contribution in [0.1, 0.15) is 39.5 Å². The average Bonchev–Trinajstić information content (AvgIpc) is 2.28. The van der Waals surface area contributed by atoms with Crippen molar-refractivity contribution in [1.29, 1.82) is 0 Å². The van der Waals surface area contributed by atoms with Crippen LogP contribution in [0.15, 0.2) is 12.2 Å². The number of amides is 1. The third-order valence-electron chi connectivity index (χ3n) is 3.01. The van der Waals surface area contributed by atoms with Crippen molar-refractivity contribution in [3.8, 4) is 0 Å². The lowest BCUT2D eigenvalue weighted by molar-refractivity contribution is -0.121. The van der Waals surface area contributed by atoms with Gasteiger partial charge in [0.05, 0.1) is 0 Å². The first-order valence-electron chi connectivity index (χ1n) is 6.37. The lowest BCUT2D eigenvalue weighted by atomic mass is 9.94. The second kappa shape index (κ2) is 7.44. The summed E-state index contributed by atoms with van der Waals surface area (Å²) in [5.41, 5.74) is 0. The van der Waals surface area contributed by atoms with Gasteiger partial charge in [0.2, 0.25) is 5.91 Å². The maximum Gasteiger partial charge on any atom is 0.221 e. The molecule has 0 bridgehead atoms. The molecule has 92 valence electrons. The minimum Gasteiger partial charge on any atom is -0.356 e. The fourth-order valence-electron chi connectivity index (χ4n) is 2.07. The van der Waals surface area contributed by atoms with E-state index in [4.69, 9.17) is 0 Å². The topological polar surface area (TPSA) is 41.1 Å². The molecule has 1 aliphatic rings. The Hall–Kier alpha value is -0.830. The summed E-state index contributed by atoms with van der Waals surface area (Å²) in [4.78, 5) is 11.6. The van der Waals surface area contributed by atoms with Crippen molar-refractivity contribution in [2.24, 2.45) is 5.92 Å². The monoisotopic (exact) mass is 224 g/mol. The molecule has 0 radical (unpaired) electrons. The van der Waals surface area contributed by atoms with Gasteiger partial charge < -0.3 is 10.6 Å². The van der Waals surface area contributed by atoms with Gasteiger partial charge in [-0.3, -0.25) is 4.79 Å². The van der Waals surface area contributed by atoms with Gasteiger partial charge >= 0.3 is 0 Å². The van der Waals surface area contributed by atoms with E-state index in [2.05, 4.69) is 29.7 Å². The van der Waals surface area contributed by atoms with Crippen molar-refractivity contribution >= 4 is 5.91 Å². The van der Waals surface area contributed by atoms with E-state index < -0.39 is 0 Å². The molecule has 0 aliphatic heterocycles. The highest BCUT2D eigenvalue weighted by molar-refractivity contribution is 5.76. The summed E-state index contributed by atoms with van der Waals surface area (Å²) in [5, 5.41) is 6.27. The molecule has 16 heavy (non-hydrogen) atoms. The molecule has 3 nitrogen and oxygen atoms in total. The van der Waals surface area contributed by atoms with Crippen LogP contribution in [0.5, 0.6) is 0 Å². The standard InChI is InChI=1S/C13H24N2O/c1-3-14-11(2)9-13(16)15-10-12-7-5-4-6-8-12/h4-5,11-12,14H,3,6-10H2,1-2H3,(H,15,16). The highest BCUT2D eigenvalue weighted by atomic mass is 16.1. The number of nitrogens with one attached hydrogen (secondary N) is 2. The van der Waals surface area contributed by atoms with E-state index in [1.54, 1.807) is 0 Å². The Bertz CT molecular complexity index is 238. The van der Waals surface area contributed by atoms with E-state index in [-0.39, 0.29) is 11.9 Å². The molecule has 0 saturated heterocycles. The van der Waals surface area contributed by atoms with E-state index >= 15 is 0 Å². The Labute approximate surface area is 98.7 Å². The molecule has 0 fully saturated rings. The van der Waals surface area contributed by atoms with Gasteiger partial charge in [-0.15, -0.1) is 0 Å². The minimum absolute atomic E-state index is 0.169. The molecule has 1 aliphatic carbocycles. The molecule has 0 heterocycles. The van der Waals surface area contributed by atoms with Crippen LogP contribution in [0.4, 0.5) is 0 Å². The molecular formula is C13H24N2O. The largest absolute Gasteiger partial charge is 0.356 e. The van der Waals surface area contributed by atoms with Crippen LogP contribution in [0.25, 0.3) is 0 Å². The predicted molar refractivity (Wildman–Crippen MR) is 67.2 cm³/mol. The van der Waals surface area contributed by atoms with Crippen LogP contribution in [-0.4, -0.2) is 25.0 Å². The van der Waals surface area contributed by atoms with Crippen LogP contribution >= 0.6 is 0 Å². The van der Waals surface area contributed by atoms with E-state index in [1.807, 2.05) is 6.92 Å². The van der Waals surface area contributed by atoms with Gasteiger partial charge in [0, 0.05) is 19.0 Å². The molecule has 0 aromatic rings. The quantitative estimate of drug-likeness (QED) is 0.676. The Balaban J connectivity index is 2.12. The SMILES string of the molecule is CCNC(C)CC(=O)NCC1CC=CCC1. The first-order valence-corrected chi connectivity index (χ1v) is 6.37. The second-order valence-corrected chi connectivity index (χ2v) is 4.62. The summed E-state index contributed by atoms with van der Waals surface area (Å²) in [6.45, 7) is 5.86. The van der Waals surface area contributed by atoms with Crippen molar-refractivity contribution in [2.75, 3.05) is 13.1 Å². The van der Waals surface area contributed by atoms with Crippen molar-refractivity contribution in [3.63, 3.8) is 0 Å². The van der Waals surface area contributed by atoms with Crippen molar-refractivity contribution in [1.82, 2.24) is 10.6 Å². The number of hydrogen-bond acceptors (Lipinski definition) is 2. The third-order valence-corrected chi connectivity index (χ3v) is 3.01. The predicted octanol–water partition coefficient (Wildman–Crippen LogP) is 1.85.